The zero-order valence-corrected chi connectivity index (χ0v) is 19.1. The van der Waals surface area contributed by atoms with Gasteiger partial charge in [-0.15, -0.1) is 10.2 Å². The molecule has 0 aliphatic carbocycles. The van der Waals surface area contributed by atoms with Crippen molar-refractivity contribution in [3.63, 3.8) is 0 Å². The number of amides is 3. The lowest BCUT2D eigenvalue weighted by molar-refractivity contribution is -0.119. The van der Waals surface area contributed by atoms with E-state index in [1.807, 2.05) is 47.0 Å². The summed E-state index contributed by atoms with van der Waals surface area (Å²) in [7, 11) is 1.46. The van der Waals surface area contributed by atoms with Gasteiger partial charge in [-0.1, -0.05) is 55.4 Å². The molecule has 1 aromatic heterocycles. The van der Waals surface area contributed by atoms with Crippen LogP contribution in [0.25, 0.3) is 17.1 Å². The first kappa shape index (κ1) is 22.8. The van der Waals surface area contributed by atoms with E-state index in [2.05, 4.69) is 40.7 Å². The van der Waals surface area contributed by atoms with Crippen molar-refractivity contribution < 1.29 is 9.59 Å². The largest absolute Gasteiger partial charge is 0.341 e. The van der Waals surface area contributed by atoms with E-state index in [-0.39, 0.29) is 12.3 Å². The van der Waals surface area contributed by atoms with E-state index in [1.165, 1.54) is 18.8 Å². The summed E-state index contributed by atoms with van der Waals surface area (Å²) in [6.45, 7) is 4.28. The highest BCUT2D eigenvalue weighted by Crippen LogP contribution is 2.32. The monoisotopic (exact) mass is 457 g/mol. The summed E-state index contributed by atoms with van der Waals surface area (Å²) in [6.07, 6.45) is 0.174. The van der Waals surface area contributed by atoms with Crippen molar-refractivity contribution in [2.75, 3.05) is 12.8 Å². The average Bonchev–Trinajstić information content (AvgIpc) is 3.17. The van der Waals surface area contributed by atoms with Gasteiger partial charge in [0, 0.05) is 29.8 Å². The average molecular weight is 458 g/mol. The fourth-order valence-electron chi connectivity index (χ4n) is 3.03. The minimum Gasteiger partial charge on any atom is -0.341 e. The smallest absolute Gasteiger partial charge is 0.321 e. The third-order valence-electron chi connectivity index (χ3n) is 4.58. The number of hydrogen-bond donors (Lipinski definition) is 2. The van der Waals surface area contributed by atoms with Gasteiger partial charge in [-0.05, 0) is 41.8 Å². The Balaban J connectivity index is 1.94. The summed E-state index contributed by atoms with van der Waals surface area (Å²) in [6, 6.07) is 15.1. The van der Waals surface area contributed by atoms with Gasteiger partial charge in [0.05, 0.1) is 5.69 Å². The lowest BCUT2D eigenvalue weighted by Crippen LogP contribution is -2.37. The Bertz CT molecular complexity index is 1070. The molecule has 0 saturated carbocycles. The lowest BCUT2D eigenvalue weighted by atomic mass is 10.0. The number of nitrogens with zero attached hydrogens (tertiary/aromatic N) is 3. The van der Waals surface area contributed by atoms with Crippen molar-refractivity contribution in [3.8, 4) is 17.1 Å². The molecule has 31 heavy (non-hydrogen) atoms. The fourth-order valence-corrected chi connectivity index (χ4v) is 4.04. The Hall–Kier alpha value is -2.84. The molecule has 3 aromatic rings. The lowest BCUT2D eigenvalue weighted by Gasteiger charge is -2.17. The molecule has 9 heteroatoms. The zero-order valence-electron chi connectivity index (χ0n) is 17.6. The quantitative estimate of drug-likeness (QED) is 0.504. The third kappa shape index (κ3) is 5.65. The molecule has 3 rings (SSSR count). The third-order valence-corrected chi connectivity index (χ3v) is 5.76. The number of para-hydroxylation sites is 1. The number of carbonyl (C=O) groups excluding carboxylic acids is 2. The van der Waals surface area contributed by atoms with Crippen LogP contribution in [0.4, 0.5) is 4.79 Å². The van der Waals surface area contributed by atoms with E-state index in [4.69, 9.17) is 11.6 Å². The SMILES string of the molecule is CNC(=O)NC(=O)CCSc1nnc(-c2ccc(Cl)cc2)n1-c1ccccc1C(C)C. The fraction of sp³-hybridized carbons (Fsp3) is 0.273. The Morgan fingerprint density at radius 2 is 1.81 bits per heavy atom. The molecule has 0 spiro atoms. The maximum atomic E-state index is 11.9. The van der Waals surface area contributed by atoms with Crippen LogP contribution in [0.3, 0.4) is 0 Å². The molecular formula is C22H24ClN5O2S. The van der Waals surface area contributed by atoms with E-state index in [0.717, 1.165) is 16.8 Å². The van der Waals surface area contributed by atoms with Gasteiger partial charge in [0.25, 0.3) is 0 Å². The highest BCUT2D eigenvalue weighted by atomic mass is 35.5. The zero-order chi connectivity index (χ0) is 22.4. The molecule has 0 saturated heterocycles. The number of hydrogen-bond acceptors (Lipinski definition) is 5. The number of halogens is 1. The van der Waals surface area contributed by atoms with Crippen molar-refractivity contribution in [2.45, 2.75) is 31.3 Å². The molecule has 0 aliphatic heterocycles. The first-order valence-corrected chi connectivity index (χ1v) is 11.2. The van der Waals surface area contributed by atoms with Crippen molar-refractivity contribution in [1.82, 2.24) is 25.4 Å². The second-order valence-corrected chi connectivity index (χ2v) is 8.59. The standard InChI is InChI=1S/C22H24ClN5O2S/c1-14(2)17-6-4-5-7-18(17)28-20(15-8-10-16(23)11-9-15)26-27-22(28)31-13-12-19(29)25-21(30)24-3/h4-11,14H,12-13H2,1-3H3,(H2,24,25,29,30). The highest BCUT2D eigenvalue weighted by Gasteiger charge is 2.19. The predicted molar refractivity (Wildman–Crippen MR) is 124 cm³/mol. The van der Waals surface area contributed by atoms with Gasteiger partial charge in [-0.3, -0.25) is 14.7 Å². The van der Waals surface area contributed by atoms with Crippen molar-refractivity contribution in [2.24, 2.45) is 0 Å². The number of imide groups is 1. The maximum Gasteiger partial charge on any atom is 0.321 e. The van der Waals surface area contributed by atoms with Crippen LogP contribution in [0.2, 0.25) is 5.02 Å². The Kier molecular flexibility index (Phi) is 7.70. The minimum absolute atomic E-state index is 0.174. The topological polar surface area (TPSA) is 88.9 Å². The van der Waals surface area contributed by atoms with E-state index in [9.17, 15) is 9.59 Å². The summed E-state index contributed by atoms with van der Waals surface area (Å²) < 4.78 is 2.01. The molecule has 0 fully saturated rings. The van der Waals surface area contributed by atoms with Crippen molar-refractivity contribution in [1.29, 1.82) is 0 Å². The Morgan fingerprint density at radius 3 is 2.48 bits per heavy atom. The molecule has 7 nitrogen and oxygen atoms in total. The molecule has 0 unspecified atom stereocenters. The summed E-state index contributed by atoms with van der Waals surface area (Å²) in [4.78, 5) is 23.2. The number of thioether (sulfide) groups is 1. The Labute approximate surface area is 190 Å². The molecule has 0 atom stereocenters. The normalized spacial score (nSPS) is 10.9. The van der Waals surface area contributed by atoms with E-state index in [0.29, 0.717) is 27.7 Å². The summed E-state index contributed by atoms with van der Waals surface area (Å²) >= 11 is 7.47. The highest BCUT2D eigenvalue weighted by molar-refractivity contribution is 7.99. The predicted octanol–water partition coefficient (Wildman–Crippen LogP) is 4.65. The molecular weight excluding hydrogens is 434 g/mol. The summed E-state index contributed by atoms with van der Waals surface area (Å²) in [5.41, 5.74) is 3.04. The van der Waals surface area contributed by atoms with E-state index >= 15 is 0 Å². The van der Waals surface area contributed by atoms with Crippen LogP contribution in [0.15, 0.2) is 53.7 Å². The second-order valence-electron chi connectivity index (χ2n) is 7.09. The molecule has 2 N–H and O–H groups in total. The Morgan fingerprint density at radius 1 is 1.10 bits per heavy atom. The van der Waals surface area contributed by atoms with Crippen LogP contribution in [0.5, 0.6) is 0 Å². The molecule has 0 radical (unpaired) electrons. The summed E-state index contributed by atoms with van der Waals surface area (Å²) in [5, 5.41) is 14.8. The molecule has 0 bridgehead atoms. The van der Waals surface area contributed by atoms with Gasteiger partial charge in [0.1, 0.15) is 0 Å². The number of benzene rings is 2. The second kappa shape index (κ2) is 10.5. The number of aromatic nitrogens is 3. The van der Waals surface area contributed by atoms with Crippen molar-refractivity contribution >= 4 is 35.3 Å². The van der Waals surface area contributed by atoms with Gasteiger partial charge in [0.2, 0.25) is 5.91 Å². The van der Waals surface area contributed by atoms with Crippen LogP contribution < -0.4 is 10.6 Å². The number of rotatable bonds is 7. The first-order chi connectivity index (χ1) is 14.9. The van der Waals surface area contributed by atoms with Gasteiger partial charge >= 0.3 is 6.03 Å². The van der Waals surface area contributed by atoms with E-state index < -0.39 is 6.03 Å². The van der Waals surface area contributed by atoms with Crippen LogP contribution in [-0.2, 0) is 4.79 Å². The van der Waals surface area contributed by atoms with Gasteiger partial charge in [-0.2, -0.15) is 0 Å². The van der Waals surface area contributed by atoms with Crippen LogP contribution >= 0.6 is 23.4 Å². The minimum atomic E-state index is -0.519. The molecule has 2 aromatic carbocycles. The van der Waals surface area contributed by atoms with Gasteiger partial charge in [0.15, 0.2) is 11.0 Å². The van der Waals surface area contributed by atoms with Crippen LogP contribution in [0.1, 0.15) is 31.7 Å². The van der Waals surface area contributed by atoms with Crippen molar-refractivity contribution in [3.05, 3.63) is 59.1 Å². The number of urea groups is 1. The molecule has 3 amide bonds. The first-order valence-electron chi connectivity index (χ1n) is 9.85. The number of nitrogens with one attached hydrogen (secondary N) is 2. The van der Waals surface area contributed by atoms with Crippen LogP contribution in [0, 0.1) is 0 Å². The van der Waals surface area contributed by atoms with Gasteiger partial charge in [-0.25, -0.2) is 4.79 Å². The summed E-state index contributed by atoms with van der Waals surface area (Å²) in [5.74, 6) is 1.10. The van der Waals surface area contributed by atoms with E-state index in [1.54, 1.807) is 0 Å². The molecule has 1 heterocycles. The molecule has 162 valence electrons. The molecule has 0 aliphatic rings. The van der Waals surface area contributed by atoms with Crippen LogP contribution in [-0.4, -0.2) is 39.5 Å². The van der Waals surface area contributed by atoms with Gasteiger partial charge < -0.3 is 5.32 Å². The maximum absolute atomic E-state index is 11.9. The number of carbonyl (C=O) groups is 2.